The Hall–Kier alpha value is -0.810. The fourth-order valence-electron chi connectivity index (χ4n) is 1.47. The van der Waals surface area contributed by atoms with Gasteiger partial charge in [-0.1, -0.05) is 11.6 Å². The minimum atomic E-state index is 0.330. The third-order valence-electron chi connectivity index (χ3n) is 2.34. The van der Waals surface area contributed by atoms with E-state index in [4.69, 9.17) is 23.8 Å². The molecule has 1 rings (SSSR count). The second kappa shape index (κ2) is 6.21. The lowest BCUT2D eigenvalue weighted by atomic mass is 10.4. The van der Waals surface area contributed by atoms with Crippen LogP contribution in [-0.2, 0) is 13.1 Å². The maximum Gasteiger partial charge on any atom is 0.169 e. The van der Waals surface area contributed by atoms with E-state index >= 15 is 0 Å². The standard InChI is InChI=1S/C11H19ClN4S/c1-5-16-10(9(12)6-13-16)7-15(4)11(17)14-8(2)3/h6,8H,5,7H2,1-4H3,(H,14,17). The minimum absolute atomic E-state index is 0.330. The van der Waals surface area contributed by atoms with E-state index in [-0.39, 0.29) is 0 Å². The monoisotopic (exact) mass is 274 g/mol. The molecular weight excluding hydrogens is 256 g/mol. The molecule has 0 aliphatic heterocycles. The summed E-state index contributed by atoms with van der Waals surface area (Å²) in [6, 6.07) is 0.330. The second-order valence-electron chi connectivity index (χ2n) is 4.22. The molecule has 0 bridgehead atoms. The average molecular weight is 275 g/mol. The first-order valence-corrected chi connectivity index (χ1v) is 6.46. The molecule has 6 heteroatoms. The second-order valence-corrected chi connectivity index (χ2v) is 5.01. The molecule has 0 aromatic carbocycles. The van der Waals surface area contributed by atoms with Crippen molar-refractivity contribution in [1.29, 1.82) is 0 Å². The molecule has 0 fully saturated rings. The Morgan fingerprint density at radius 3 is 2.82 bits per heavy atom. The summed E-state index contributed by atoms with van der Waals surface area (Å²) in [5.74, 6) is 0. The van der Waals surface area contributed by atoms with Crippen molar-refractivity contribution in [2.45, 2.75) is 39.9 Å². The van der Waals surface area contributed by atoms with Crippen molar-refractivity contribution in [3.05, 3.63) is 16.9 Å². The third-order valence-corrected chi connectivity index (χ3v) is 3.09. The van der Waals surface area contributed by atoms with Crippen LogP contribution in [0.2, 0.25) is 5.02 Å². The predicted molar refractivity (Wildman–Crippen MR) is 75.2 cm³/mol. The molecule has 0 saturated heterocycles. The van der Waals surface area contributed by atoms with Crippen LogP contribution in [0.5, 0.6) is 0 Å². The van der Waals surface area contributed by atoms with Gasteiger partial charge < -0.3 is 10.2 Å². The van der Waals surface area contributed by atoms with Crippen molar-refractivity contribution >= 4 is 28.9 Å². The van der Waals surface area contributed by atoms with Gasteiger partial charge in [-0.3, -0.25) is 4.68 Å². The van der Waals surface area contributed by atoms with Gasteiger partial charge in [-0.05, 0) is 33.0 Å². The first kappa shape index (κ1) is 14.3. The average Bonchev–Trinajstić information content (AvgIpc) is 2.59. The molecule has 0 saturated carbocycles. The zero-order chi connectivity index (χ0) is 13.0. The molecular formula is C11H19ClN4S. The predicted octanol–water partition coefficient (Wildman–Crippen LogP) is 2.27. The lowest BCUT2D eigenvalue weighted by Crippen LogP contribution is -2.40. The van der Waals surface area contributed by atoms with Gasteiger partial charge in [-0.2, -0.15) is 5.10 Å². The van der Waals surface area contributed by atoms with Crippen LogP contribution in [-0.4, -0.2) is 32.9 Å². The molecule has 0 amide bonds. The summed E-state index contributed by atoms with van der Waals surface area (Å²) in [7, 11) is 1.95. The van der Waals surface area contributed by atoms with Crippen molar-refractivity contribution < 1.29 is 0 Å². The number of hydrogen-bond acceptors (Lipinski definition) is 2. The summed E-state index contributed by atoms with van der Waals surface area (Å²) in [5, 5.41) is 8.81. The van der Waals surface area contributed by atoms with Gasteiger partial charge in [0.1, 0.15) is 0 Å². The molecule has 1 aromatic rings. The molecule has 0 unspecified atom stereocenters. The molecule has 0 spiro atoms. The van der Waals surface area contributed by atoms with Gasteiger partial charge in [0.15, 0.2) is 5.11 Å². The highest BCUT2D eigenvalue weighted by Crippen LogP contribution is 2.16. The van der Waals surface area contributed by atoms with Crippen molar-refractivity contribution in [3.63, 3.8) is 0 Å². The summed E-state index contributed by atoms with van der Waals surface area (Å²) in [6.45, 7) is 7.62. The van der Waals surface area contributed by atoms with Gasteiger partial charge in [0.05, 0.1) is 23.5 Å². The normalized spacial score (nSPS) is 10.7. The Kier molecular flexibility index (Phi) is 5.21. The van der Waals surface area contributed by atoms with Crippen LogP contribution in [0.15, 0.2) is 6.20 Å². The van der Waals surface area contributed by atoms with Gasteiger partial charge in [0.2, 0.25) is 0 Å². The van der Waals surface area contributed by atoms with Gasteiger partial charge in [-0.15, -0.1) is 0 Å². The zero-order valence-electron chi connectivity index (χ0n) is 10.7. The van der Waals surface area contributed by atoms with Gasteiger partial charge in [0.25, 0.3) is 0 Å². The van der Waals surface area contributed by atoms with Gasteiger partial charge in [-0.25, -0.2) is 0 Å². The largest absolute Gasteiger partial charge is 0.360 e. The van der Waals surface area contributed by atoms with Crippen LogP contribution in [0.25, 0.3) is 0 Å². The molecule has 1 heterocycles. The lowest BCUT2D eigenvalue weighted by molar-refractivity contribution is 0.452. The quantitative estimate of drug-likeness (QED) is 0.854. The molecule has 0 aliphatic rings. The molecule has 0 atom stereocenters. The molecule has 96 valence electrons. The van der Waals surface area contributed by atoms with E-state index in [1.807, 2.05) is 23.6 Å². The zero-order valence-corrected chi connectivity index (χ0v) is 12.3. The molecule has 0 aliphatic carbocycles. The smallest absolute Gasteiger partial charge is 0.169 e. The van der Waals surface area contributed by atoms with E-state index in [9.17, 15) is 0 Å². The topological polar surface area (TPSA) is 33.1 Å². The maximum atomic E-state index is 6.10. The van der Waals surface area contributed by atoms with Gasteiger partial charge >= 0.3 is 0 Å². The fourth-order valence-corrected chi connectivity index (χ4v) is 1.97. The summed E-state index contributed by atoms with van der Waals surface area (Å²) >= 11 is 11.4. The van der Waals surface area contributed by atoms with E-state index in [0.29, 0.717) is 17.6 Å². The molecule has 0 radical (unpaired) electrons. The number of thiocarbonyl (C=S) groups is 1. The van der Waals surface area contributed by atoms with E-state index in [1.165, 1.54) is 0 Å². The fraction of sp³-hybridized carbons (Fsp3) is 0.636. The molecule has 17 heavy (non-hydrogen) atoms. The minimum Gasteiger partial charge on any atom is -0.360 e. The Morgan fingerprint density at radius 1 is 1.65 bits per heavy atom. The molecule has 4 nitrogen and oxygen atoms in total. The van der Waals surface area contributed by atoms with E-state index < -0.39 is 0 Å². The number of halogens is 1. The highest BCUT2D eigenvalue weighted by Gasteiger charge is 2.12. The Bertz CT molecular complexity index is 389. The van der Waals surface area contributed by atoms with Crippen LogP contribution >= 0.6 is 23.8 Å². The van der Waals surface area contributed by atoms with Crippen molar-refractivity contribution in [2.24, 2.45) is 0 Å². The number of aryl methyl sites for hydroxylation is 1. The summed E-state index contributed by atoms with van der Waals surface area (Å²) in [6.07, 6.45) is 1.67. The Balaban J connectivity index is 2.70. The summed E-state index contributed by atoms with van der Waals surface area (Å²) in [4.78, 5) is 1.96. The van der Waals surface area contributed by atoms with Crippen LogP contribution in [0.3, 0.4) is 0 Å². The van der Waals surface area contributed by atoms with Crippen LogP contribution in [0, 0.1) is 0 Å². The van der Waals surface area contributed by atoms with E-state index in [0.717, 1.165) is 17.4 Å². The van der Waals surface area contributed by atoms with Crippen molar-refractivity contribution in [1.82, 2.24) is 20.0 Å². The number of rotatable bonds is 4. The van der Waals surface area contributed by atoms with E-state index in [1.54, 1.807) is 6.20 Å². The first-order chi connectivity index (χ1) is 7.95. The molecule has 1 aromatic heterocycles. The van der Waals surface area contributed by atoms with Crippen LogP contribution in [0.1, 0.15) is 26.5 Å². The summed E-state index contributed by atoms with van der Waals surface area (Å²) < 4.78 is 1.89. The number of aromatic nitrogens is 2. The maximum absolute atomic E-state index is 6.10. The SMILES string of the molecule is CCn1ncc(Cl)c1CN(C)C(=S)NC(C)C. The highest BCUT2D eigenvalue weighted by atomic mass is 35.5. The third kappa shape index (κ3) is 3.85. The Labute approximate surface area is 113 Å². The van der Waals surface area contributed by atoms with Crippen molar-refractivity contribution in [3.8, 4) is 0 Å². The van der Waals surface area contributed by atoms with Crippen LogP contribution < -0.4 is 5.32 Å². The number of hydrogen-bond donors (Lipinski definition) is 1. The first-order valence-electron chi connectivity index (χ1n) is 5.67. The van der Waals surface area contributed by atoms with Crippen molar-refractivity contribution in [2.75, 3.05) is 7.05 Å². The van der Waals surface area contributed by atoms with Crippen LogP contribution in [0.4, 0.5) is 0 Å². The van der Waals surface area contributed by atoms with E-state index in [2.05, 4.69) is 24.3 Å². The molecule has 1 N–H and O–H groups in total. The number of nitrogens with one attached hydrogen (secondary N) is 1. The number of nitrogens with zero attached hydrogens (tertiary/aromatic N) is 3. The van der Waals surface area contributed by atoms with Gasteiger partial charge in [0, 0.05) is 19.6 Å². The highest BCUT2D eigenvalue weighted by molar-refractivity contribution is 7.80. The summed E-state index contributed by atoms with van der Waals surface area (Å²) in [5.41, 5.74) is 0.990. The Morgan fingerprint density at radius 2 is 2.29 bits per heavy atom. The lowest BCUT2D eigenvalue weighted by Gasteiger charge is -2.23.